The molecule has 1 aromatic carbocycles. The number of ether oxygens (including phenoxy) is 2. The first-order chi connectivity index (χ1) is 10.7. The Morgan fingerprint density at radius 3 is 2.91 bits per heavy atom. The van der Waals surface area contributed by atoms with Gasteiger partial charge in [0.05, 0.1) is 26.8 Å². The first kappa shape index (κ1) is 16.3. The molecule has 0 spiro atoms. The van der Waals surface area contributed by atoms with Crippen LogP contribution < -0.4 is 15.0 Å². The van der Waals surface area contributed by atoms with E-state index in [0.717, 1.165) is 22.8 Å². The van der Waals surface area contributed by atoms with E-state index in [2.05, 4.69) is 5.32 Å². The second kappa shape index (κ2) is 7.79. The zero-order chi connectivity index (χ0) is 15.9. The molecule has 1 aliphatic rings. The van der Waals surface area contributed by atoms with E-state index in [4.69, 9.17) is 9.47 Å². The van der Waals surface area contributed by atoms with Crippen molar-refractivity contribution in [2.75, 3.05) is 26.8 Å². The Balaban J connectivity index is 2.11. The van der Waals surface area contributed by atoms with Crippen LogP contribution in [0.15, 0.2) is 24.3 Å². The van der Waals surface area contributed by atoms with Crippen LogP contribution in [-0.2, 0) is 20.9 Å². The van der Waals surface area contributed by atoms with Gasteiger partial charge < -0.3 is 19.7 Å². The molecule has 0 radical (unpaired) electrons. The van der Waals surface area contributed by atoms with E-state index < -0.39 is 6.04 Å². The van der Waals surface area contributed by atoms with Crippen molar-refractivity contribution in [3.63, 3.8) is 0 Å². The summed E-state index contributed by atoms with van der Waals surface area (Å²) in [4.78, 5) is 24.9. The molecule has 6 nitrogen and oxygen atoms in total. The minimum Gasteiger partial charge on any atom is -0.496 e. The molecule has 0 aliphatic carbocycles. The summed E-state index contributed by atoms with van der Waals surface area (Å²) in [6.45, 7) is 4.12. The molecule has 120 valence electrons. The van der Waals surface area contributed by atoms with Gasteiger partial charge in [0, 0.05) is 5.56 Å². The first-order valence-electron chi connectivity index (χ1n) is 7.55. The Hall–Kier alpha value is -2.08. The van der Waals surface area contributed by atoms with Gasteiger partial charge >= 0.3 is 5.97 Å². The van der Waals surface area contributed by atoms with Crippen LogP contribution in [0.3, 0.4) is 0 Å². The fourth-order valence-electron chi connectivity index (χ4n) is 2.76. The Morgan fingerprint density at radius 2 is 2.18 bits per heavy atom. The van der Waals surface area contributed by atoms with Gasteiger partial charge in [-0.25, -0.2) is 0 Å². The van der Waals surface area contributed by atoms with Crippen molar-refractivity contribution in [1.29, 1.82) is 0 Å². The highest BCUT2D eigenvalue weighted by molar-refractivity contribution is 5.85. The van der Waals surface area contributed by atoms with E-state index >= 15 is 0 Å². The molecule has 1 amide bonds. The molecule has 0 saturated carbocycles. The topological polar surface area (TPSA) is 69.1 Å². The number of piperazine rings is 1. The van der Waals surface area contributed by atoms with Gasteiger partial charge in [0.15, 0.2) is 6.04 Å². The number of nitrogens with one attached hydrogen (secondary N) is 2. The smallest absolute Gasteiger partial charge is 0.312 e. The second-order valence-electron chi connectivity index (χ2n) is 5.25. The fourth-order valence-corrected chi connectivity index (χ4v) is 2.76. The summed E-state index contributed by atoms with van der Waals surface area (Å²) in [5.74, 6) is 0.377. The van der Waals surface area contributed by atoms with Gasteiger partial charge in [-0.2, -0.15) is 0 Å². The lowest BCUT2D eigenvalue weighted by Crippen LogP contribution is -3.18. The van der Waals surface area contributed by atoms with E-state index in [9.17, 15) is 9.59 Å². The summed E-state index contributed by atoms with van der Waals surface area (Å²) in [6.07, 6.45) is 0.101. The number of benzene rings is 1. The quantitative estimate of drug-likeness (QED) is 0.697. The van der Waals surface area contributed by atoms with Gasteiger partial charge in [-0.15, -0.1) is 0 Å². The number of methoxy groups -OCH3 is 1. The third-order valence-corrected chi connectivity index (χ3v) is 3.84. The molecular formula is C16H23N2O4+. The maximum atomic E-state index is 12.1. The number of carbonyl (C=O) groups is 2. The molecule has 1 unspecified atom stereocenters. The lowest BCUT2D eigenvalue weighted by atomic mass is 10.1. The number of para-hydroxylation sites is 1. The van der Waals surface area contributed by atoms with Crippen molar-refractivity contribution in [2.45, 2.75) is 25.9 Å². The summed E-state index contributed by atoms with van der Waals surface area (Å²) in [5.41, 5.74) is 1.03. The highest BCUT2D eigenvalue weighted by Crippen LogP contribution is 2.16. The number of quaternary nitrogens is 1. The van der Waals surface area contributed by atoms with Crippen LogP contribution in [0.5, 0.6) is 5.75 Å². The van der Waals surface area contributed by atoms with Crippen molar-refractivity contribution in [1.82, 2.24) is 5.32 Å². The monoisotopic (exact) mass is 307 g/mol. The minimum absolute atomic E-state index is 0.0933. The minimum atomic E-state index is -0.419. The predicted octanol–water partition coefficient (Wildman–Crippen LogP) is -0.468. The summed E-state index contributed by atoms with van der Waals surface area (Å²) >= 11 is 0. The Morgan fingerprint density at radius 1 is 1.41 bits per heavy atom. The molecule has 0 aromatic heterocycles. The molecule has 6 heteroatoms. The van der Waals surface area contributed by atoms with Crippen LogP contribution in [0, 0.1) is 0 Å². The van der Waals surface area contributed by atoms with Crippen LogP contribution in [0.4, 0.5) is 0 Å². The van der Waals surface area contributed by atoms with E-state index in [1.54, 1.807) is 14.0 Å². The van der Waals surface area contributed by atoms with E-state index in [-0.39, 0.29) is 18.3 Å². The highest BCUT2D eigenvalue weighted by Gasteiger charge is 2.36. The number of rotatable bonds is 6. The van der Waals surface area contributed by atoms with Gasteiger partial charge in [-0.3, -0.25) is 9.59 Å². The van der Waals surface area contributed by atoms with Crippen LogP contribution in [0.2, 0.25) is 0 Å². The van der Waals surface area contributed by atoms with Crippen molar-refractivity contribution >= 4 is 11.9 Å². The van der Waals surface area contributed by atoms with E-state index in [1.165, 1.54) is 0 Å². The number of carbonyl (C=O) groups excluding carboxylic acids is 2. The van der Waals surface area contributed by atoms with Gasteiger partial charge in [0.1, 0.15) is 18.7 Å². The normalized spacial score (nSPS) is 21.1. The lowest BCUT2D eigenvalue weighted by Gasteiger charge is -2.31. The molecular weight excluding hydrogens is 284 g/mol. The SMILES string of the molecule is CCOC(=O)C[C@@H]1C(=O)NCC[NH+]1Cc1ccccc1OC. The van der Waals surface area contributed by atoms with Crippen molar-refractivity contribution in [2.24, 2.45) is 0 Å². The molecule has 1 aromatic rings. The summed E-state index contributed by atoms with van der Waals surface area (Å²) in [6, 6.07) is 7.33. The molecule has 2 atom stereocenters. The number of hydrogen-bond donors (Lipinski definition) is 2. The zero-order valence-electron chi connectivity index (χ0n) is 13.1. The average Bonchev–Trinajstić information content (AvgIpc) is 2.51. The second-order valence-corrected chi connectivity index (χ2v) is 5.25. The number of amides is 1. The number of hydrogen-bond acceptors (Lipinski definition) is 4. The molecule has 1 fully saturated rings. The van der Waals surface area contributed by atoms with Crippen molar-refractivity contribution in [3.05, 3.63) is 29.8 Å². The average molecular weight is 307 g/mol. The third-order valence-electron chi connectivity index (χ3n) is 3.84. The molecule has 1 aliphatic heterocycles. The molecule has 0 bridgehead atoms. The summed E-state index contributed by atoms with van der Waals surface area (Å²) in [5, 5.41) is 2.83. The first-order valence-corrected chi connectivity index (χ1v) is 7.55. The van der Waals surface area contributed by atoms with Crippen LogP contribution in [0.1, 0.15) is 18.9 Å². The van der Waals surface area contributed by atoms with Gasteiger partial charge in [-0.1, -0.05) is 12.1 Å². The zero-order valence-corrected chi connectivity index (χ0v) is 13.1. The van der Waals surface area contributed by atoms with Crippen LogP contribution >= 0.6 is 0 Å². The fraction of sp³-hybridized carbons (Fsp3) is 0.500. The molecule has 2 N–H and O–H groups in total. The van der Waals surface area contributed by atoms with E-state index in [0.29, 0.717) is 19.7 Å². The third kappa shape index (κ3) is 3.98. The Bertz CT molecular complexity index is 533. The van der Waals surface area contributed by atoms with Gasteiger partial charge in [0.2, 0.25) is 0 Å². The summed E-state index contributed by atoms with van der Waals surface area (Å²) < 4.78 is 10.3. The maximum absolute atomic E-state index is 12.1. The largest absolute Gasteiger partial charge is 0.496 e. The van der Waals surface area contributed by atoms with E-state index in [1.807, 2.05) is 24.3 Å². The Kier molecular flexibility index (Phi) is 5.77. The van der Waals surface area contributed by atoms with Gasteiger partial charge in [0.25, 0.3) is 5.91 Å². The molecule has 1 heterocycles. The maximum Gasteiger partial charge on any atom is 0.312 e. The highest BCUT2D eigenvalue weighted by atomic mass is 16.5. The molecule has 22 heavy (non-hydrogen) atoms. The summed E-state index contributed by atoms with van der Waals surface area (Å²) in [7, 11) is 1.63. The van der Waals surface area contributed by atoms with Crippen molar-refractivity contribution < 1.29 is 24.0 Å². The van der Waals surface area contributed by atoms with Crippen molar-refractivity contribution in [3.8, 4) is 5.75 Å². The predicted molar refractivity (Wildman–Crippen MR) is 80.6 cm³/mol. The lowest BCUT2D eigenvalue weighted by molar-refractivity contribution is -0.930. The molecule has 1 saturated heterocycles. The van der Waals surface area contributed by atoms with Gasteiger partial charge in [-0.05, 0) is 19.1 Å². The molecule has 2 rings (SSSR count). The Labute approximate surface area is 130 Å². The number of esters is 1. The van der Waals surface area contributed by atoms with Crippen LogP contribution in [0.25, 0.3) is 0 Å². The van der Waals surface area contributed by atoms with Crippen LogP contribution in [-0.4, -0.2) is 44.7 Å². The standard InChI is InChI=1S/C16H22N2O4/c1-3-22-15(19)10-13-16(20)17-8-9-18(13)11-12-6-4-5-7-14(12)21-2/h4-7,13H,3,8-11H2,1-2H3,(H,17,20)/p+1/t13-/m1/s1.